The van der Waals surface area contributed by atoms with Crippen LogP contribution in [0.4, 0.5) is 0 Å². The second kappa shape index (κ2) is 5.67. The van der Waals surface area contributed by atoms with Gasteiger partial charge in [-0.2, -0.15) is 0 Å². The van der Waals surface area contributed by atoms with Crippen molar-refractivity contribution in [2.24, 2.45) is 5.92 Å². The summed E-state index contributed by atoms with van der Waals surface area (Å²) >= 11 is 0. The summed E-state index contributed by atoms with van der Waals surface area (Å²) in [5.74, 6) is 0.617. The molecular weight excluding hydrogens is 242 g/mol. The molecule has 5 heteroatoms. The molecule has 2 atom stereocenters. The molecule has 1 fully saturated rings. The second-order valence-corrected chi connectivity index (χ2v) is 5.23. The van der Waals surface area contributed by atoms with Gasteiger partial charge in [-0.05, 0) is 53.7 Å². The van der Waals surface area contributed by atoms with E-state index in [1.54, 1.807) is 0 Å². The molecule has 0 unspecified atom stereocenters. The van der Waals surface area contributed by atoms with Crippen molar-refractivity contribution in [3.8, 4) is 0 Å². The molecule has 3 rings (SSSR count). The number of ether oxygens (including phenoxy) is 1. The molecule has 0 bridgehead atoms. The van der Waals surface area contributed by atoms with Gasteiger partial charge >= 0.3 is 0 Å². The maximum atomic E-state index is 5.53. The molecule has 19 heavy (non-hydrogen) atoms. The molecule has 0 amide bonds. The summed E-state index contributed by atoms with van der Waals surface area (Å²) in [5, 5.41) is 11.2. The fourth-order valence-electron chi connectivity index (χ4n) is 2.54. The fraction of sp³-hybridized carbons (Fsp3) is 0.571. The summed E-state index contributed by atoms with van der Waals surface area (Å²) in [6.07, 6.45) is 2.42. The molecule has 2 heterocycles. The van der Waals surface area contributed by atoms with Crippen LogP contribution in [0, 0.1) is 5.92 Å². The van der Waals surface area contributed by atoms with E-state index in [9.17, 15) is 0 Å². The van der Waals surface area contributed by atoms with E-state index in [-0.39, 0.29) is 0 Å². The molecule has 0 aliphatic carbocycles. The highest BCUT2D eigenvalue weighted by molar-refractivity contribution is 5.73. The number of nitrogens with zero attached hydrogens (tertiary/aromatic N) is 2. The Hall–Kier alpha value is -1.46. The zero-order valence-electron chi connectivity index (χ0n) is 11.1. The third-order valence-electron chi connectivity index (χ3n) is 3.85. The maximum absolute atomic E-state index is 5.53. The van der Waals surface area contributed by atoms with Crippen LogP contribution in [0.3, 0.4) is 0 Å². The summed E-state index contributed by atoms with van der Waals surface area (Å²) in [5.41, 5.74) is 2.82. The minimum atomic E-state index is 0.464. The van der Waals surface area contributed by atoms with Gasteiger partial charge in [0.2, 0.25) is 0 Å². The van der Waals surface area contributed by atoms with E-state index in [0.717, 1.165) is 30.8 Å². The lowest BCUT2D eigenvalue weighted by molar-refractivity contribution is 0.0417. The molecule has 1 aromatic carbocycles. The summed E-state index contributed by atoms with van der Waals surface area (Å²) in [6.45, 7) is 4.86. The number of rotatable bonds is 4. The first kappa shape index (κ1) is 12.6. The van der Waals surface area contributed by atoms with Gasteiger partial charge in [0.05, 0.1) is 6.61 Å². The first-order valence-corrected chi connectivity index (χ1v) is 6.85. The third kappa shape index (κ3) is 2.93. The van der Waals surface area contributed by atoms with Crippen molar-refractivity contribution in [1.82, 2.24) is 15.6 Å². The van der Waals surface area contributed by atoms with E-state index in [4.69, 9.17) is 9.37 Å². The highest BCUT2D eigenvalue weighted by Gasteiger charge is 2.20. The van der Waals surface area contributed by atoms with Gasteiger partial charge in [0, 0.05) is 19.2 Å². The zero-order chi connectivity index (χ0) is 13.1. The lowest BCUT2D eigenvalue weighted by Crippen LogP contribution is -2.37. The van der Waals surface area contributed by atoms with E-state index >= 15 is 0 Å². The number of benzene rings is 1. The van der Waals surface area contributed by atoms with Gasteiger partial charge < -0.3 is 10.1 Å². The smallest absolute Gasteiger partial charge is 0.135 e. The van der Waals surface area contributed by atoms with Crippen molar-refractivity contribution < 1.29 is 9.37 Å². The fourth-order valence-corrected chi connectivity index (χ4v) is 2.54. The standard InChI is InChI=1S/C14H19N3O2/c1-10(12-3-2-6-18-9-12)15-8-11-4-5-13-14(7-11)17-19-16-13/h4-5,7,10,12,15H,2-3,6,8-9H2,1H3/t10-,12+/m1/s1. The Morgan fingerprint density at radius 1 is 1.37 bits per heavy atom. The molecule has 2 aromatic rings. The predicted molar refractivity (Wildman–Crippen MR) is 71.6 cm³/mol. The zero-order valence-corrected chi connectivity index (χ0v) is 11.1. The van der Waals surface area contributed by atoms with Gasteiger partial charge in [0.25, 0.3) is 0 Å². The second-order valence-electron chi connectivity index (χ2n) is 5.23. The largest absolute Gasteiger partial charge is 0.381 e. The van der Waals surface area contributed by atoms with Gasteiger partial charge in [0.1, 0.15) is 11.0 Å². The van der Waals surface area contributed by atoms with Crippen LogP contribution >= 0.6 is 0 Å². The number of hydrogen-bond donors (Lipinski definition) is 1. The molecule has 0 spiro atoms. The van der Waals surface area contributed by atoms with Crippen LogP contribution in [-0.2, 0) is 11.3 Å². The molecule has 1 aliphatic rings. The topological polar surface area (TPSA) is 60.2 Å². The first-order valence-electron chi connectivity index (χ1n) is 6.85. The third-order valence-corrected chi connectivity index (χ3v) is 3.85. The monoisotopic (exact) mass is 261 g/mol. The Balaban J connectivity index is 1.58. The van der Waals surface area contributed by atoms with Crippen LogP contribution in [0.15, 0.2) is 22.8 Å². The van der Waals surface area contributed by atoms with E-state index in [1.807, 2.05) is 12.1 Å². The lowest BCUT2D eigenvalue weighted by Gasteiger charge is -2.28. The quantitative estimate of drug-likeness (QED) is 0.913. The van der Waals surface area contributed by atoms with Gasteiger partial charge in [0.15, 0.2) is 0 Å². The highest BCUT2D eigenvalue weighted by Crippen LogP contribution is 2.18. The molecule has 102 valence electrons. The molecule has 1 aromatic heterocycles. The normalized spacial score (nSPS) is 21.6. The van der Waals surface area contributed by atoms with Crippen molar-refractivity contribution in [3.05, 3.63) is 23.8 Å². The van der Waals surface area contributed by atoms with Crippen LogP contribution < -0.4 is 5.32 Å². The SMILES string of the molecule is C[C@@H](NCc1ccc2nonc2c1)[C@H]1CCCOC1. The molecule has 0 radical (unpaired) electrons. The summed E-state index contributed by atoms with van der Waals surface area (Å²) in [7, 11) is 0. The highest BCUT2D eigenvalue weighted by atomic mass is 16.6. The molecule has 1 saturated heterocycles. The molecular formula is C14H19N3O2. The van der Waals surface area contributed by atoms with Crippen LogP contribution in [-0.4, -0.2) is 29.6 Å². The van der Waals surface area contributed by atoms with Crippen LogP contribution in [0.5, 0.6) is 0 Å². The van der Waals surface area contributed by atoms with Gasteiger partial charge in [-0.3, -0.25) is 0 Å². The van der Waals surface area contributed by atoms with E-state index in [1.165, 1.54) is 18.4 Å². The molecule has 1 N–H and O–H groups in total. The van der Waals surface area contributed by atoms with Crippen LogP contribution in [0.2, 0.25) is 0 Å². The van der Waals surface area contributed by atoms with Crippen molar-refractivity contribution >= 4 is 11.0 Å². The molecule has 5 nitrogen and oxygen atoms in total. The van der Waals surface area contributed by atoms with Crippen molar-refractivity contribution in [2.45, 2.75) is 32.4 Å². The summed E-state index contributed by atoms with van der Waals surface area (Å²) < 4.78 is 10.2. The Morgan fingerprint density at radius 2 is 2.26 bits per heavy atom. The maximum Gasteiger partial charge on any atom is 0.135 e. The van der Waals surface area contributed by atoms with E-state index < -0.39 is 0 Å². The summed E-state index contributed by atoms with van der Waals surface area (Å²) in [4.78, 5) is 0. The Labute approximate surface area is 112 Å². The number of aromatic nitrogens is 2. The number of hydrogen-bond acceptors (Lipinski definition) is 5. The van der Waals surface area contributed by atoms with Gasteiger partial charge in [-0.25, -0.2) is 4.63 Å². The molecule has 1 aliphatic heterocycles. The average Bonchev–Trinajstić information content (AvgIpc) is 2.93. The Bertz CT molecular complexity index is 534. The Kier molecular flexibility index (Phi) is 3.75. The van der Waals surface area contributed by atoms with Crippen molar-refractivity contribution in [2.75, 3.05) is 13.2 Å². The summed E-state index contributed by atoms with van der Waals surface area (Å²) in [6, 6.07) is 6.48. The first-order chi connectivity index (χ1) is 9.33. The Morgan fingerprint density at radius 3 is 3.11 bits per heavy atom. The van der Waals surface area contributed by atoms with Crippen molar-refractivity contribution in [1.29, 1.82) is 0 Å². The van der Waals surface area contributed by atoms with E-state index in [2.05, 4.69) is 28.6 Å². The van der Waals surface area contributed by atoms with Crippen LogP contribution in [0.25, 0.3) is 11.0 Å². The van der Waals surface area contributed by atoms with Crippen molar-refractivity contribution in [3.63, 3.8) is 0 Å². The van der Waals surface area contributed by atoms with E-state index in [0.29, 0.717) is 12.0 Å². The average molecular weight is 261 g/mol. The van der Waals surface area contributed by atoms with Crippen LogP contribution in [0.1, 0.15) is 25.3 Å². The lowest BCUT2D eigenvalue weighted by atomic mass is 9.95. The number of fused-ring (bicyclic) bond motifs is 1. The minimum absolute atomic E-state index is 0.464. The van der Waals surface area contributed by atoms with Gasteiger partial charge in [-0.15, -0.1) is 0 Å². The predicted octanol–water partition coefficient (Wildman–Crippen LogP) is 2.13. The molecule has 0 saturated carbocycles. The van der Waals surface area contributed by atoms with Gasteiger partial charge in [-0.1, -0.05) is 6.07 Å². The number of nitrogens with one attached hydrogen (secondary N) is 1. The minimum Gasteiger partial charge on any atom is -0.381 e.